The largest absolute Gasteiger partial charge is 0.453 e. The van der Waals surface area contributed by atoms with Crippen molar-refractivity contribution in [2.24, 2.45) is 0 Å². The van der Waals surface area contributed by atoms with Crippen LogP contribution in [0.15, 0.2) is 93.3 Å². The zero-order valence-corrected chi connectivity index (χ0v) is 52.2. The van der Waals surface area contributed by atoms with Gasteiger partial charge in [0.2, 0.25) is 0 Å². The van der Waals surface area contributed by atoms with Crippen LogP contribution in [0.2, 0.25) is 0 Å². The van der Waals surface area contributed by atoms with Crippen LogP contribution < -0.4 is 18.7 Å². The van der Waals surface area contributed by atoms with Crippen molar-refractivity contribution in [3.63, 3.8) is 0 Å². The Morgan fingerprint density at radius 2 is 0.750 bits per heavy atom. The van der Waals surface area contributed by atoms with Crippen LogP contribution in [0, 0.1) is 0 Å². The number of fused-ring (bicyclic) bond motifs is 5. The summed E-state index contributed by atoms with van der Waals surface area (Å²) in [5.41, 5.74) is 10.3. The van der Waals surface area contributed by atoms with Gasteiger partial charge in [0.1, 0.15) is 28.4 Å². The highest BCUT2D eigenvalue weighted by molar-refractivity contribution is 7.47. The first-order chi connectivity index (χ1) is 34.6. The van der Waals surface area contributed by atoms with E-state index in [0.717, 1.165) is 77.2 Å². The molecule has 0 spiro atoms. The van der Waals surface area contributed by atoms with Crippen LogP contribution in [0.3, 0.4) is 0 Å². The van der Waals surface area contributed by atoms with E-state index in [4.69, 9.17) is 22.0 Å². The Bertz CT molecular complexity index is 3370. The van der Waals surface area contributed by atoms with E-state index in [1.54, 1.807) is 0 Å². The minimum absolute atomic E-state index is 0.152. The summed E-state index contributed by atoms with van der Waals surface area (Å²) in [6, 6.07) is 30.3. The molecule has 1 N–H and O–H groups in total. The van der Waals surface area contributed by atoms with Crippen LogP contribution in [0.25, 0.3) is 43.8 Å². The Balaban J connectivity index is 1.52. The Kier molecular flexibility index (Phi) is 14.2. The van der Waals surface area contributed by atoms with Gasteiger partial charge in [0.25, 0.3) is 5.91 Å². The Morgan fingerprint density at radius 3 is 1.13 bits per heavy atom. The fourth-order valence-corrected chi connectivity index (χ4v) is 12.1. The summed E-state index contributed by atoms with van der Waals surface area (Å²) in [4.78, 5) is 14.1. The summed E-state index contributed by atoms with van der Waals surface area (Å²) >= 11 is 0. The maximum absolute atomic E-state index is 14.1. The van der Waals surface area contributed by atoms with Crippen molar-refractivity contribution < 1.29 is 26.8 Å². The van der Waals surface area contributed by atoms with Crippen molar-refractivity contribution in [2.45, 2.75) is 209 Å². The standard InChI is InChI=1S/C67H87NO6P2/c1-60(2,3)41-31-45(55(50(35-41)64(13,14)15)71-75-68-59(69)49-29-39-27-25-26-28-40(39)30-54(49)70-75)46-32-42(61(4,5)6)36-51(65(16,17)18)56(46)72-76-73-57-47(33-43(62(7,8)9)37-52(57)66(19,20)21)48-34-44(63(10,11)12)38-53(58(48)74-76)67(22,23)24/h25-38H,1-24H3,(H,68,69). The topological polar surface area (TPSA) is 83.1 Å². The van der Waals surface area contributed by atoms with Crippen LogP contribution in [-0.4, -0.2) is 5.91 Å². The highest BCUT2D eigenvalue weighted by atomic mass is 31.2. The number of carbonyl (C=O) groups is 1. The minimum Gasteiger partial charge on any atom is -0.422 e. The second-order valence-electron chi connectivity index (χ2n) is 29.7. The molecule has 0 saturated carbocycles. The third kappa shape index (κ3) is 11.5. The molecule has 2 heterocycles. The molecule has 0 aliphatic carbocycles. The van der Waals surface area contributed by atoms with E-state index >= 15 is 0 Å². The first-order valence-electron chi connectivity index (χ1n) is 27.2. The van der Waals surface area contributed by atoms with Crippen LogP contribution in [-0.2, 0) is 43.3 Å². The van der Waals surface area contributed by atoms with Crippen LogP contribution in [0.5, 0.6) is 17.2 Å². The summed E-state index contributed by atoms with van der Waals surface area (Å²) in [5.74, 6) is 1.52. The molecule has 1 aromatic heterocycles. The van der Waals surface area contributed by atoms with Crippen LogP contribution in [0.4, 0.5) is 0 Å². The normalized spacial score (nSPS) is 15.2. The van der Waals surface area contributed by atoms with Crippen molar-refractivity contribution in [1.82, 2.24) is 5.09 Å². The van der Waals surface area contributed by atoms with Gasteiger partial charge in [-0.3, -0.25) is 9.88 Å². The van der Waals surface area contributed by atoms with E-state index in [0.29, 0.717) is 22.8 Å². The van der Waals surface area contributed by atoms with Crippen LogP contribution in [0.1, 0.15) is 221 Å². The Morgan fingerprint density at radius 1 is 0.395 bits per heavy atom. The second kappa shape index (κ2) is 19.0. The van der Waals surface area contributed by atoms with Gasteiger partial charge >= 0.3 is 16.8 Å². The molecule has 0 saturated heterocycles. The quantitative estimate of drug-likeness (QED) is 0.173. The van der Waals surface area contributed by atoms with E-state index in [2.05, 4.69) is 220 Å². The molecule has 6 aromatic carbocycles. The summed E-state index contributed by atoms with van der Waals surface area (Å²) < 4.78 is 36.8. The van der Waals surface area contributed by atoms with Crippen molar-refractivity contribution in [3.05, 3.63) is 135 Å². The van der Waals surface area contributed by atoms with Crippen molar-refractivity contribution >= 4 is 55.4 Å². The lowest BCUT2D eigenvalue weighted by Crippen LogP contribution is -2.28. The molecule has 1 atom stereocenters. The molecule has 8 rings (SSSR count). The van der Waals surface area contributed by atoms with Gasteiger partial charge in [0.05, 0.1) is 5.56 Å². The molecule has 406 valence electrons. The maximum atomic E-state index is 14.1. The van der Waals surface area contributed by atoms with E-state index in [1.807, 2.05) is 36.4 Å². The lowest BCUT2D eigenvalue weighted by atomic mass is 9.75. The number of nitrogens with one attached hydrogen (secondary N) is 1. The average molecular weight is 1060 g/mol. The highest BCUT2D eigenvalue weighted by Crippen LogP contribution is 2.56. The molecule has 7 aromatic rings. The first-order valence-corrected chi connectivity index (χ1v) is 29.5. The summed E-state index contributed by atoms with van der Waals surface area (Å²) in [6.45, 7) is 54.2. The molecule has 0 radical (unpaired) electrons. The Labute approximate surface area is 457 Å². The molecule has 76 heavy (non-hydrogen) atoms. The Hall–Kier alpha value is -5.22. The van der Waals surface area contributed by atoms with Gasteiger partial charge in [0, 0.05) is 44.2 Å². The predicted octanol–water partition coefficient (Wildman–Crippen LogP) is 20.8. The van der Waals surface area contributed by atoms with Gasteiger partial charge in [0.15, 0.2) is 0 Å². The molecule has 9 heteroatoms. The zero-order chi connectivity index (χ0) is 56.4. The minimum atomic E-state index is -2.21. The van der Waals surface area contributed by atoms with E-state index in [1.165, 1.54) is 11.1 Å². The SMILES string of the molecule is CC(C)(C)c1cc(-c2cc(C(C)(C)C)cc(C(C)(C)C)c2Op2oc3c(C(C)(C)C)cc(C(C)(C)C)cc3c3cc(C(C)(C)C)cc(C(C)(C)C)c3o2)c(OP2NC(=O)c3cc4ccccc4cc3O2)c(C(C)(C)C)c1. The lowest BCUT2D eigenvalue weighted by Gasteiger charge is -2.33. The van der Waals surface area contributed by atoms with E-state index in [-0.39, 0.29) is 38.4 Å². The monoisotopic (exact) mass is 1060 g/mol. The molecule has 1 aliphatic rings. The van der Waals surface area contributed by atoms with Gasteiger partial charge < -0.3 is 22.0 Å². The number of benzene rings is 6. The number of amides is 1. The first kappa shape index (κ1) is 57.0. The number of hydrogen-bond acceptors (Lipinski definition) is 6. The molecule has 1 aliphatic heterocycles. The van der Waals surface area contributed by atoms with Gasteiger partial charge in [-0.2, -0.15) is 0 Å². The second-order valence-corrected chi connectivity index (χ2v) is 31.8. The average Bonchev–Trinajstić information content (AvgIpc) is 3.41. The third-order valence-electron chi connectivity index (χ3n) is 14.8. The van der Waals surface area contributed by atoms with E-state index < -0.39 is 27.6 Å². The fourth-order valence-electron chi connectivity index (χ4n) is 9.80. The molecule has 1 amide bonds. The molecular formula is C67H87NO6P2. The third-order valence-corrected chi connectivity index (χ3v) is 16.9. The maximum Gasteiger partial charge on any atom is 0.453 e. The van der Waals surface area contributed by atoms with Crippen LogP contribution >= 0.6 is 16.8 Å². The van der Waals surface area contributed by atoms with Crippen molar-refractivity contribution in [3.8, 4) is 28.4 Å². The van der Waals surface area contributed by atoms with Crippen molar-refractivity contribution in [2.75, 3.05) is 0 Å². The predicted molar refractivity (Wildman–Crippen MR) is 323 cm³/mol. The fraction of sp³-hybridized carbons (Fsp3) is 0.478. The molecule has 0 fully saturated rings. The summed E-state index contributed by atoms with van der Waals surface area (Å²) in [6.07, 6.45) is 0. The number of rotatable bonds is 5. The van der Waals surface area contributed by atoms with Crippen molar-refractivity contribution in [1.29, 1.82) is 0 Å². The molecular weight excluding hydrogens is 977 g/mol. The van der Waals surface area contributed by atoms with Gasteiger partial charge in [-0.05, 0) is 113 Å². The number of carbonyl (C=O) groups excluding carboxylic acids is 1. The van der Waals surface area contributed by atoms with Gasteiger partial charge in [-0.25, -0.2) is 0 Å². The lowest BCUT2D eigenvalue weighted by molar-refractivity contribution is 0.0968. The summed E-state index contributed by atoms with van der Waals surface area (Å²) in [7, 11) is -4.24. The summed E-state index contributed by atoms with van der Waals surface area (Å²) in [5, 5.41) is 7.10. The molecule has 1 unspecified atom stereocenters. The smallest absolute Gasteiger partial charge is 0.422 e. The highest BCUT2D eigenvalue weighted by Gasteiger charge is 2.37. The molecule has 0 bridgehead atoms. The zero-order valence-electron chi connectivity index (χ0n) is 50.4. The van der Waals surface area contributed by atoms with Gasteiger partial charge in [-0.15, -0.1) is 0 Å². The van der Waals surface area contributed by atoms with E-state index in [9.17, 15) is 4.79 Å². The number of hydrogen-bond donors (Lipinski definition) is 1. The molecule has 7 nitrogen and oxygen atoms in total. The van der Waals surface area contributed by atoms with Gasteiger partial charge in [-0.1, -0.05) is 215 Å².